The van der Waals surface area contributed by atoms with Crippen LogP contribution in [0.2, 0.25) is 0 Å². The zero-order valence-electron chi connectivity index (χ0n) is 19.7. The molecule has 0 aliphatic rings. The fraction of sp³-hybridized carbons (Fsp3) is 0.231. The van der Waals surface area contributed by atoms with E-state index in [1.165, 1.54) is 30.3 Å². The van der Waals surface area contributed by atoms with Crippen molar-refractivity contribution in [3.63, 3.8) is 0 Å². The maximum Gasteiger partial charge on any atom is 0.416 e. The molecule has 3 aromatic carbocycles. The molecule has 4 rings (SSSR count). The van der Waals surface area contributed by atoms with Crippen molar-refractivity contribution in [1.82, 2.24) is 9.55 Å². The maximum absolute atomic E-state index is 13.8. The predicted molar refractivity (Wildman–Crippen MR) is 127 cm³/mol. The molecule has 200 valence electrons. The van der Waals surface area contributed by atoms with Gasteiger partial charge in [0.05, 0.1) is 40.9 Å². The predicted octanol–water partition coefficient (Wildman–Crippen LogP) is 7.73. The molecule has 0 saturated heterocycles. The van der Waals surface area contributed by atoms with Gasteiger partial charge in [-0.15, -0.1) is 0 Å². The number of alkyl halides is 6. The van der Waals surface area contributed by atoms with E-state index in [0.29, 0.717) is 22.7 Å². The van der Waals surface area contributed by atoms with Gasteiger partial charge in [0, 0.05) is 5.75 Å². The molecule has 0 spiro atoms. The number of halogens is 7. The minimum atomic E-state index is -5.01. The van der Waals surface area contributed by atoms with Gasteiger partial charge in [0.2, 0.25) is 0 Å². The highest BCUT2D eigenvalue weighted by Gasteiger charge is 2.38. The summed E-state index contributed by atoms with van der Waals surface area (Å²) in [5.41, 5.74) is -1.52. The fourth-order valence-electron chi connectivity index (χ4n) is 3.81. The number of esters is 1. The Hall–Kier alpha value is -3.54. The number of fused-ring (bicyclic) bond motifs is 1. The first-order valence-corrected chi connectivity index (χ1v) is 12.2. The summed E-state index contributed by atoms with van der Waals surface area (Å²) in [6.45, 7) is 1.91. The summed E-state index contributed by atoms with van der Waals surface area (Å²) < 4.78 is 100. The molecule has 1 aromatic heterocycles. The lowest BCUT2D eigenvalue weighted by atomic mass is 10.0. The number of hydrogen-bond acceptors (Lipinski definition) is 4. The molecule has 38 heavy (non-hydrogen) atoms. The fourth-order valence-corrected chi connectivity index (χ4v) is 4.83. The maximum atomic E-state index is 13.8. The van der Waals surface area contributed by atoms with Crippen molar-refractivity contribution in [2.45, 2.75) is 36.7 Å². The number of rotatable bonds is 7. The van der Waals surface area contributed by atoms with Crippen molar-refractivity contribution in [2.75, 3.05) is 6.61 Å². The molecule has 0 amide bonds. The van der Waals surface area contributed by atoms with E-state index >= 15 is 0 Å². The van der Waals surface area contributed by atoms with Crippen molar-refractivity contribution in [3.8, 4) is 0 Å². The van der Waals surface area contributed by atoms with Crippen LogP contribution in [0, 0.1) is 5.82 Å². The van der Waals surface area contributed by atoms with Crippen molar-refractivity contribution >= 4 is 28.8 Å². The third-order valence-corrected chi connectivity index (χ3v) is 6.58. The first kappa shape index (κ1) is 27.5. The quantitative estimate of drug-likeness (QED) is 0.133. The molecule has 0 fully saturated rings. The van der Waals surface area contributed by atoms with Crippen LogP contribution in [0.3, 0.4) is 0 Å². The second-order valence-electron chi connectivity index (χ2n) is 8.19. The summed E-state index contributed by atoms with van der Waals surface area (Å²) in [6.07, 6.45) is -9.94. The van der Waals surface area contributed by atoms with E-state index in [1.54, 1.807) is 23.6 Å². The van der Waals surface area contributed by atoms with Gasteiger partial charge in [-0.3, -0.25) is 0 Å². The molecule has 0 atom stereocenters. The number of carbonyl (C=O) groups is 1. The molecule has 0 radical (unpaired) electrons. The Balaban J connectivity index is 1.74. The zero-order chi connectivity index (χ0) is 27.7. The molecule has 0 saturated carbocycles. The van der Waals surface area contributed by atoms with Crippen LogP contribution >= 0.6 is 11.8 Å². The molecule has 0 aliphatic heterocycles. The van der Waals surface area contributed by atoms with Gasteiger partial charge in [-0.05, 0) is 60.5 Å². The number of nitrogens with zero attached hydrogens (tertiary/aromatic N) is 2. The Morgan fingerprint density at radius 2 is 1.74 bits per heavy atom. The second kappa shape index (κ2) is 10.7. The van der Waals surface area contributed by atoms with Crippen LogP contribution in [0.5, 0.6) is 0 Å². The second-order valence-corrected chi connectivity index (χ2v) is 9.13. The van der Waals surface area contributed by atoms with Crippen LogP contribution in [0.4, 0.5) is 30.7 Å². The molecule has 0 aliphatic carbocycles. The van der Waals surface area contributed by atoms with Crippen molar-refractivity contribution in [3.05, 3.63) is 94.3 Å². The number of imidazole rings is 1. The number of benzene rings is 3. The molecule has 0 unspecified atom stereocenters. The van der Waals surface area contributed by atoms with Gasteiger partial charge in [0.25, 0.3) is 0 Å². The van der Waals surface area contributed by atoms with Gasteiger partial charge in [0.1, 0.15) is 5.82 Å². The molecule has 4 aromatic rings. The monoisotopic (exact) mass is 556 g/mol. The Morgan fingerprint density at radius 3 is 2.39 bits per heavy atom. The van der Waals surface area contributed by atoms with Crippen LogP contribution in [0.25, 0.3) is 11.0 Å². The van der Waals surface area contributed by atoms with E-state index in [-0.39, 0.29) is 41.3 Å². The normalized spacial score (nSPS) is 12.2. The number of thioether (sulfide) groups is 1. The molecule has 0 bridgehead atoms. The first-order valence-electron chi connectivity index (χ1n) is 11.2. The number of aromatic nitrogens is 2. The highest BCUT2D eigenvalue weighted by atomic mass is 32.2. The Bertz CT molecular complexity index is 1480. The topological polar surface area (TPSA) is 44.1 Å². The van der Waals surface area contributed by atoms with Gasteiger partial charge >= 0.3 is 18.3 Å². The van der Waals surface area contributed by atoms with E-state index in [9.17, 15) is 35.5 Å². The van der Waals surface area contributed by atoms with E-state index in [0.717, 1.165) is 17.8 Å². The summed E-state index contributed by atoms with van der Waals surface area (Å²) in [5, 5.41) is 0.235. The summed E-state index contributed by atoms with van der Waals surface area (Å²) in [4.78, 5) is 16.6. The van der Waals surface area contributed by atoms with Crippen LogP contribution < -0.4 is 0 Å². The summed E-state index contributed by atoms with van der Waals surface area (Å²) in [6, 6.07) is 11.8. The van der Waals surface area contributed by atoms with Gasteiger partial charge in [0.15, 0.2) is 5.16 Å². The third-order valence-electron chi connectivity index (χ3n) is 5.55. The lowest BCUT2D eigenvalue weighted by Gasteiger charge is -2.16. The average molecular weight is 557 g/mol. The largest absolute Gasteiger partial charge is 0.462 e. The Morgan fingerprint density at radius 1 is 0.974 bits per heavy atom. The molecule has 4 nitrogen and oxygen atoms in total. The van der Waals surface area contributed by atoms with Crippen LogP contribution in [0.1, 0.15) is 39.5 Å². The average Bonchev–Trinajstić information content (AvgIpc) is 3.18. The van der Waals surface area contributed by atoms with E-state index in [1.807, 2.05) is 0 Å². The van der Waals surface area contributed by atoms with Gasteiger partial charge in [-0.2, -0.15) is 26.3 Å². The molecular weight excluding hydrogens is 537 g/mol. The first-order chi connectivity index (χ1) is 17.9. The van der Waals surface area contributed by atoms with Crippen LogP contribution in [-0.2, 0) is 29.4 Å². The minimum absolute atomic E-state index is 0.0945. The number of ether oxygens (including phenoxy) is 1. The summed E-state index contributed by atoms with van der Waals surface area (Å²) in [5.74, 6) is -1.40. The highest BCUT2D eigenvalue weighted by molar-refractivity contribution is 7.98. The van der Waals surface area contributed by atoms with Crippen LogP contribution in [0.15, 0.2) is 65.8 Å². The molecule has 0 N–H and O–H groups in total. The van der Waals surface area contributed by atoms with Gasteiger partial charge in [-0.1, -0.05) is 30.0 Å². The van der Waals surface area contributed by atoms with Gasteiger partial charge in [-0.25, -0.2) is 14.2 Å². The zero-order valence-corrected chi connectivity index (χ0v) is 20.5. The lowest BCUT2D eigenvalue weighted by Crippen LogP contribution is -2.13. The molecule has 12 heteroatoms. The Kier molecular flexibility index (Phi) is 7.73. The summed E-state index contributed by atoms with van der Waals surface area (Å²) in [7, 11) is 0. The van der Waals surface area contributed by atoms with Crippen LogP contribution in [-0.4, -0.2) is 22.1 Å². The van der Waals surface area contributed by atoms with Crippen molar-refractivity contribution in [2.24, 2.45) is 0 Å². The smallest absolute Gasteiger partial charge is 0.416 e. The Labute approximate surface area is 216 Å². The number of hydrogen-bond donors (Lipinski definition) is 0. The standard InChI is InChI=1S/C26H19F7N2O2S/c1-2-37-23(36)16-7-9-22-21(11-16)34-24(35(22)13-15-4-3-5-19(27)10-15)38-14-17-6-8-18(25(28,29)30)12-20(17)26(31,32)33/h3-12H,2,13-14H2,1H3. The number of carbonyl (C=O) groups excluding carboxylic acids is 1. The van der Waals surface area contributed by atoms with E-state index in [4.69, 9.17) is 4.74 Å². The summed E-state index contributed by atoms with van der Waals surface area (Å²) >= 11 is 0.878. The van der Waals surface area contributed by atoms with E-state index in [2.05, 4.69) is 4.98 Å². The third kappa shape index (κ3) is 6.12. The van der Waals surface area contributed by atoms with E-state index < -0.39 is 35.3 Å². The minimum Gasteiger partial charge on any atom is -0.462 e. The highest BCUT2D eigenvalue weighted by Crippen LogP contribution is 2.39. The molecular formula is C26H19F7N2O2S. The van der Waals surface area contributed by atoms with Crippen molar-refractivity contribution < 1.29 is 40.3 Å². The SMILES string of the molecule is CCOC(=O)c1ccc2c(c1)nc(SCc1ccc(C(F)(F)F)cc1C(F)(F)F)n2Cc1cccc(F)c1. The van der Waals surface area contributed by atoms with Crippen molar-refractivity contribution in [1.29, 1.82) is 0 Å². The molecule has 1 heterocycles. The lowest BCUT2D eigenvalue weighted by molar-refractivity contribution is -0.143. The van der Waals surface area contributed by atoms with Gasteiger partial charge < -0.3 is 9.30 Å².